The fourth-order valence-corrected chi connectivity index (χ4v) is 3.97. The Morgan fingerprint density at radius 1 is 1.33 bits per heavy atom. The van der Waals surface area contributed by atoms with Gasteiger partial charge in [-0.15, -0.1) is 0 Å². The van der Waals surface area contributed by atoms with Crippen LogP contribution in [0.2, 0.25) is 0 Å². The zero-order valence-electron chi connectivity index (χ0n) is 12.6. The van der Waals surface area contributed by atoms with Crippen molar-refractivity contribution in [3.8, 4) is 11.5 Å². The molecule has 2 aliphatic rings. The molecule has 3 N–H and O–H groups in total. The summed E-state index contributed by atoms with van der Waals surface area (Å²) in [5.74, 6) is 0.955. The molecule has 0 unspecified atom stereocenters. The molecule has 3 atom stereocenters. The second kappa shape index (κ2) is 5.85. The van der Waals surface area contributed by atoms with Crippen molar-refractivity contribution in [3.63, 3.8) is 0 Å². The van der Waals surface area contributed by atoms with Crippen LogP contribution in [0.3, 0.4) is 0 Å². The van der Waals surface area contributed by atoms with Crippen molar-refractivity contribution in [3.05, 3.63) is 23.8 Å². The monoisotopic (exact) mass is 291 g/mol. The smallest absolute Gasteiger partial charge is 0.161 e. The maximum atomic E-state index is 10.9. The SMILES string of the molecule is CCOc1cc([C@H]2NCC[C@@]3(O)CCCC[C@H]23)ccc1O. The number of fused-ring (bicyclic) bond motifs is 1. The second-order valence-electron chi connectivity index (χ2n) is 6.30. The quantitative estimate of drug-likeness (QED) is 0.801. The second-order valence-corrected chi connectivity index (χ2v) is 6.30. The number of hydrogen-bond donors (Lipinski definition) is 3. The van der Waals surface area contributed by atoms with Crippen LogP contribution in [0.25, 0.3) is 0 Å². The summed E-state index contributed by atoms with van der Waals surface area (Å²) in [6.07, 6.45) is 5.11. The molecular formula is C17H25NO3. The van der Waals surface area contributed by atoms with Crippen LogP contribution < -0.4 is 10.1 Å². The molecule has 1 aliphatic heterocycles. The summed E-state index contributed by atoms with van der Waals surface area (Å²) in [5.41, 5.74) is 0.568. The Labute approximate surface area is 126 Å². The maximum absolute atomic E-state index is 10.9. The summed E-state index contributed by atoms with van der Waals surface area (Å²) < 4.78 is 5.49. The van der Waals surface area contributed by atoms with E-state index in [-0.39, 0.29) is 17.7 Å². The van der Waals surface area contributed by atoms with Crippen LogP contribution in [0.15, 0.2) is 18.2 Å². The Balaban J connectivity index is 1.89. The third kappa shape index (κ3) is 2.74. The van der Waals surface area contributed by atoms with Gasteiger partial charge >= 0.3 is 0 Å². The van der Waals surface area contributed by atoms with Gasteiger partial charge in [0.2, 0.25) is 0 Å². The lowest BCUT2D eigenvalue weighted by atomic mass is 9.67. The summed E-state index contributed by atoms with van der Waals surface area (Å²) in [5, 5.41) is 24.3. The number of rotatable bonds is 3. The molecule has 1 aromatic carbocycles. The molecule has 4 nitrogen and oxygen atoms in total. The third-order valence-corrected chi connectivity index (χ3v) is 5.03. The van der Waals surface area contributed by atoms with Gasteiger partial charge in [-0.25, -0.2) is 0 Å². The van der Waals surface area contributed by atoms with E-state index >= 15 is 0 Å². The minimum Gasteiger partial charge on any atom is -0.504 e. The first kappa shape index (κ1) is 14.7. The van der Waals surface area contributed by atoms with Gasteiger partial charge in [-0.2, -0.15) is 0 Å². The van der Waals surface area contributed by atoms with E-state index < -0.39 is 5.60 Å². The van der Waals surface area contributed by atoms with E-state index in [0.29, 0.717) is 12.4 Å². The molecule has 1 saturated carbocycles. The lowest BCUT2D eigenvalue weighted by Gasteiger charge is -2.48. The fourth-order valence-electron chi connectivity index (χ4n) is 3.97. The highest BCUT2D eigenvalue weighted by Gasteiger charge is 2.45. The standard InChI is InChI=1S/C17H25NO3/c1-2-21-15-11-12(6-7-14(15)19)16-13-5-3-4-8-17(13,20)9-10-18-16/h6-7,11,13,16,18-20H,2-5,8-10H2,1H3/t13-,16-,17+/m1/s1. The summed E-state index contributed by atoms with van der Waals surface area (Å²) in [7, 11) is 0. The molecule has 3 rings (SSSR count). The normalized spacial score (nSPS) is 32.5. The van der Waals surface area contributed by atoms with E-state index in [1.165, 1.54) is 6.42 Å². The van der Waals surface area contributed by atoms with Crippen LogP contribution >= 0.6 is 0 Å². The molecule has 0 aromatic heterocycles. The summed E-state index contributed by atoms with van der Waals surface area (Å²) in [4.78, 5) is 0. The average Bonchev–Trinajstić information content (AvgIpc) is 2.48. The van der Waals surface area contributed by atoms with Gasteiger partial charge in [0.05, 0.1) is 12.2 Å². The Morgan fingerprint density at radius 3 is 3.00 bits per heavy atom. The molecule has 116 valence electrons. The number of nitrogens with one attached hydrogen (secondary N) is 1. The number of phenols is 1. The molecule has 1 aliphatic carbocycles. The first-order chi connectivity index (χ1) is 10.1. The van der Waals surface area contributed by atoms with Crippen molar-refractivity contribution in [2.24, 2.45) is 5.92 Å². The third-order valence-electron chi connectivity index (χ3n) is 5.03. The Hall–Kier alpha value is -1.26. The lowest BCUT2D eigenvalue weighted by molar-refractivity contribution is -0.0861. The van der Waals surface area contributed by atoms with Gasteiger partial charge in [-0.05, 0) is 50.4 Å². The molecule has 1 heterocycles. The predicted molar refractivity (Wildman–Crippen MR) is 81.5 cm³/mol. The van der Waals surface area contributed by atoms with Crippen LogP contribution in [0, 0.1) is 5.92 Å². The topological polar surface area (TPSA) is 61.7 Å². The van der Waals surface area contributed by atoms with Gasteiger partial charge in [0, 0.05) is 12.0 Å². The number of benzene rings is 1. The summed E-state index contributed by atoms with van der Waals surface area (Å²) >= 11 is 0. The van der Waals surface area contributed by atoms with E-state index in [4.69, 9.17) is 4.74 Å². The molecule has 1 saturated heterocycles. The molecule has 0 radical (unpaired) electrons. The molecule has 1 aromatic rings. The van der Waals surface area contributed by atoms with Crippen molar-refractivity contribution in [1.29, 1.82) is 0 Å². The highest BCUT2D eigenvalue weighted by atomic mass is 16.5. The number of ether oxygens (including phenoxy) is 1. The van der Waals surface area contributed by atoms with E-state index in [1.54, 1.807) is 6.07 Å². The van der Waals surface area contributed by atoms with Crippen LogP contribution in [0.5, 0.6) is 11.5 Å². The van der Waals surface area contributed by atoms with Gasteiger partial charge in [-0.3, -0.25) is 0 Å². The zero-order chi connectivity index (χ0) is 14.9. The fraction of sp³-hybridized carbons (Fsp3) is 0.647. The number of phenolic OH excluding ortho intramolecular Hbond substituents is 1. The Bertz CT molecular complexity index is 501. The minimum atomic E-state index is -0.530. The number of aliphatic hydroxyl groups is 1. The van der Waals surface area contributed by atoms with Crippen molar-refractivity contribution in [1.82, 2.24) is 5.32 Å². The largest absolute Gasteiger partial charge is 0.504 e. The van der Waals surface area contributed by atoms with Crippen molar-refractivity contribution < 1.29 is 14.9 Å². The zero-order valence-corrected chi connectivity index (χ0v) is 12.6. The van der Waals surface area contributed by atoms with Gasteiger partial charge in [0.1, 0.15) is 0 Å². The molecular weight excluding hydrogens is 266 g/mol. The Morgan fingerprint density at radius 2 is 2.19 bits per heavy atom. The van der Waals surface area contributed by atoms with Crippen molar-refractivity contribution in [2.75, 3.05) is 13.2 Å². The number of hydrogen-bond acceptors (Lipinski definition) is 4. The number of piperidine rings is 1. The van der Waals surface area contributed by atoms with Crippen LogP contribution in [0.4, 0.5) is 0 Å². The van der Waals surface area contributed by atoms with Crippen LogP contribution in [0.1, 0.15) is 50.6 Å². The van der Waals surface area contributed by atoms with Gasteiger partial charge in [0.15, 0.2) is 11.5 Å². The highest BCUT2D eigenvalue weighted by Crippen LogP contribution is 2.46. The molecule has 0 spiro atoms. The minimum absolute atomic E-state index is 0.142. The van der Waals surface area contributed by atoms with Gasteiger partial charge in [-0.1, -0.05) is 18.9 Å². The van der Waals surface area contributed by atoms with E-state index in [2.05, 4.69) is 5.32 Å². The van der Waals surface area contributed by atoms with Gasteiger partial charge < -0.3 is 20.3 Å². The molecule has 0 bridgehead atoms. The Kier molecular flexibility index (Phi) is 4.09. The van der Waals surface area contributed by atoms with Crippen molar-refractivity contribution in [2.45, 2.75) is 50.7 Å². The van der Waals surface area contributed by atoms with Crippen LogP contribution in [-0.4, -0.2) is 29.0 Å². The van der Waals surface area contributed by atoms with Gasteiger partial charge in [0.25, 0.3) is 0 Å². The first-order valence-corrected chi connectivity index (χ1v) is 8.05. The molecule has 2 fully saturated rings. The highest BCUT2D eigenvalue weighted by molar-refractivity contribution is 5.43. The maximum Gasteiger partial charge on any atom is 0.161 e. The predicted octanol–water partition coefficient (Wildman–Crippen LogP) is 2.75. The summed E-state index contributed by atoms with van der Waals surface area (Å²) in [6.45, 7) is 3.27. The lowest BCUT2D eigenvalue weighted by Crippen LogP contribution is -2.53. The van der Waals surface area contributed by atoms with Crippen molar-refractivity contribution >= 4 is 0 Å². The molecule has 4 heteroatoms. The number of aromatic hydroxyl groups is 1. The summed E-state index contributed by atoms with van der Waals surface area (Å²) in [6, 6.07) is 5.69. The van der Waals surface area contributed by atoms with E-state index in [1.807, 2.05) is 19.1 Å². The van der Waals surface area contributed by atoms with E-state index in [0.717, 1.165) is 37.8 Å². The van der Waals surface area contributed by atoms with E-state index in [9.17, 15) is 10.2 Å². The average molecular weight is 291 g/mol. The van der Waals surface area contributed by atoms with Crippen LogP contribution in [-0.2, 0) is 0 Å². The molecule has 0 amide bonds. The molecule has 21 heavy (non-hydrogen) atoms. The first-order valence-electron chi connectivity index (χ1n) is 8.05.